The molecule has 1 fully saturated rings. The standard InChI is InChI=1S/C25H34N4O3/c1-31-23-8-9-24-21(17-23)16-22(19-32-24)27-25(30)26-10-5-11-28-12-14-29(15-13-28)18-20-6-3-2-4-7-20/h2-4,6-9,17,22H,5,10-16,18-19H2,1H3,(H2,26,27,30)/t22-/m0/s1. The third-order valence-corrected chi connectivity index (χ3v) is 6.16. The highest BCUT2D eigenvalue weighted by Gasteiger charge is 2.22. The SMILES string of the molecule is COc1ccc2c(c1)C[C@H](NC(=O)NCCCN1CCN(Cc3ccccc3)CC1)CO2. The Hall–Kier alpha value is -2.77. The van der Waals surface area contributed by atoms with Crippen LogP contribution in [0.1, 0.15) is 17.5 Å². The number of carbonyl (C=O) groups excluding carboxylic acids is 1. The lowest BCUT2D eigenvalue weighted by atomic mass is 10.0. The second kappa shape index (κ2) is 11.2. The first kappa shape index (κ1) is 22.4. The molecular weight excluding hydrogens is 404 g/mol. The zero-order valence-corrected chi connectivity index (χ0v) is 18.9. The van der Waals surface area contributed by atoms with E-state index in [0.717, 1.165) is 69.2 Å². The molecule has 172 valence electrons. The van der Waals surface area contributed by atoms with Crippen molar-refractivity contribution in [3.63, 3.8) is 0 Å². The normalized spacial score (nSPS) is 19.0. The molecule has 0 aromatic heterocycles. The Morgan fingerprint density at radius 3 is 2.66 bits per heavy atom. The lowest BCUT2D eigenvalue weighted by Gasteiger charge is -2.34. The molecule has 1 atom stereocenters. The smallest absolute Gasteiger partial charge is 0.315 e. The minimum Gasteiger partial charge on any atom is -0.497 e. The first-order valence-corrected chi connectivity index (χ1v) is 11.5. The molecular formula is C25H34N4O3. The fourth-order valence-electron chi connectivity index (χ4n) is 4.34. The van der Waals surface area contributed by atoms with Gasteiger partial charge in [0.05, 0.1) is 13.2 Å². The third-order valence-electron chi connectivity index (χ3n) is 6.16. The van der Waals surface area contributed by atoms with Crippen LogP contribution in [0.3, 0.4) is 0 Å². The monoisotopic (exact) mass is 438 g/mol. The van der Waals surface area contributed by atoms with E-state index in [1.807, 2.05) is 18.2 Å². The van der Waals surface area contributed by atoms with Gasteiger partial charge in [0.2, 0.25) is 0 Å². The van der Waals surface area contributed by atoms with E-state index in [1.54, 1.807) is 7.11 Å². The van der Waals surface area contributed by atoms with Gasteiger partial charge in [0.25, 0.3) is 0 Å². The quantitative estimate of drug-likeness (QED) is 0.620. The minimum atomic E-state index is -0.127. The first-order valence-electron chi connectivity index (χ1n) is 11.5. The van der Waals surface area contributed by atoms with Crippen molar-refractivity contribution in [1.82, 2.24) is 20.4 Å². The predicted molar refractivity (Wildman–Crippen MR) is 125 cm³/mol. The van der Waals surface area contributed by atoms with E-state index < -0.39 is 0 Å². The second-order valence-corrected chi connectivity index (χ2v) is 8.54. The molecule has 2 amide bonds. The van der Waals surface area contributed by atoms with Crippen LogP contribution >= 0.6 is 0 Å². The number of urea groups is 1. The van der Waals surface area contributed by atoms with Crippen LogP contribution in [0.4, 0.5) is 4.79 Å². The molecule has 0 saturated carbocycles. The number of rotatable bonds is 8. The molecule has 4 rings (SSSR count). The molecule has 0 bridgehead atoms. The van der Waals surface area contributed by atoms with Gasteiger partial charge in [-0.25, -0.2) is 4.79 Å². The average Bonchev–Trinajstić information content (AvgIpc) is 2.83. The number of benzene rings is 2. The Balaban J connectivity index is 1.09. The highest BCUT2D eigenvalue weighted by molar-refractivity contribution is 5.74. The third kappa shape index (κ3) is 6.37. The number of carbonyl (C=O) groups is 1. The van der Waals surface area contributed by atoms with Crippen LogP contribution in [-0.4, -0.2) is 74.9 Å². The number of hydrogen-bond acceptors (Lipinski definition) is 5. The number of hydrogen-bond donors (Lipinski definition) is 2. The van der Waals surface area contributed by atoms with Gasteiger partial charge in [-0.05, 0) is 48.7 Å². The van der Waals surface area contributed by atoms with Crippen molar-refractivity contribution >= 4 is 6.03 Å². The van der Waals surface area contributed by atoms with Crippen molar-refractivity contribution in [2.45, 2.75) is 25.4 Å². The second-order valence-electron chi connectivity index (χ2n) is 8.54. The molecule has 0 unspecified atom stereocenters. The Bertz CT molecular complexity index is 869. The summed E-state index contributed by atoms with van der Waals surface area (Å²) < 4.78 is 11.1. The van der Waals surface area contributed by atoms with Gasteiger partial charge in [-0.15, -0.1) is 0 Å². The summed E-state index contributed by atoms with van der Waals surface area (Å²) in [6, 6.07) is 16.3. The van der Waals surface area contributed by atoms with Crippen molar-refractivity contribution < 1.29 is 14.3 Å². The largest absolute Gasteiger partial charge is 0.497 e. The summed E-state index contributed by atoms with van der Waals surface area (Å²) in [6.45, 7) is 7.56. The molecule has 2 aliphatic rings. The van der Waals surface area contributed by atoms with E-state index in [1.165, 1.54) is 5.56 Å². The Morgan fingerprint density at radius 2 is 1.88 bits per heavy atom. The molecule has 32 heavy (non-hydrogen) atoms. The highest BCUT2D eigenvalue weighted by atomic mass is 16.5. The lowest BCUT2D eigenvalue weighted by molar-refractivity contribution is 0.126. The molecule has 2 heterocycles. The van der Waals surface area contributed by atoms with Gasteiger partial charge < -0.3 is 25.0 Å². The number of piperazine rings is 1. The number of nitrogens with one attached hydrogen (secondary N) is 2. The van der Waals surface area contributed by atoms with Crippen molar-refractivity contribution in [2.75, 3.05) is 53.0 Å². The number of ether oxygens (including phenoxy) is 2. The molecule has 1 saturated heterocycles. The van der Waals surface area contributed by atoms with E-state index in [4.69, 9.17) is 9.47 Å². The molecule has 0 aliphatic carbocycles. The first-order chi connectivity index (χ1) is 15.7. The van der Waals surface area contributed by atoms with Crippen LogP contribution in [0.5, 0.6) is 11.5 Å². The van der Waals surface area contributed by atoms with Crippen LogP contribution < -0.4 is 20.1 Å². The van der Waals surface area contributed by atoms with Crippen molar-refractivity contribution in [3.05, 3.63) is 59.7 Å². The van der Waals surface area contributed by atoms with Gasteiger partial charge in [-0.3, -0.25) is 4.90 Å². The maximum atomic E-state index is 12.3. The number of fused-ring (bicyclic) bond motifs is 1. The summed E-state index contributed by atoms with van der Waals surface area (Å²) in [5.74, 6) is 1.67. The van der Waals surface area contributed by atoms with Crippen molar-refractivity contribution in [3.8, 4) is 11.5 Å². The summed E-state index contributed by atoms with van der Waals surface area (Å²) in [5, 5.41) is 6.02. The van der Waals surface area contributed by atoms with Crippen LogP contribution in [0, 0.1) is 0 Å². The Labute approximate surface area is 190 Å². The number of nitrogens with zero attached hydrogens (tertiary/aromatic N) is 2. The summed E-state index contributed by atoms with van der Waals surface area (Å²) in [6.07, 6.45) is 1.69. The summed E-state index contributed by atoms with van der Waals surface area (Å²) in [7, 11) is 1.65. The van der Waals surface area contributed by atoms with Crippen molar-refractivity contribution in [2.24, 2.45) is 0 Å². The van der Waals surface area contributed by atoms with Crippen LogP contribution in [-0.2, 0) is 13.0 Å². The Morgan fingerprint density at radius 1 is 1.09 bits per heavy atom. The fourth-order valence-corrected chi connectivity index (χ4v) is 4.34. The average molecular weight is 439 g/mol. The molecule has 2 N–H and O–H groups in total. The molecule has 2 aromatic carbocycles. The van der Waals surface area contributed by atoms with E-state index in [9.17, 15) is 4.79 Å². The van der Waals surface area contributed by atoms with Gasteiger partial charge in [0, 0.05) is 39.3 Å². The van der Waals surface area contributed by atoms with Crippen LogP contribution in [0.15, 0.2) is 48.5 Å². The van der Waals surface area contributed by atoms with E-state index >= 15 is 0 Å². The maximum Gasteiger partial charge on any atom is 0.315 e. The zero-order valence-electron chi connectivity index (χ0n) is 18.9. The molecule has 0 spiro atoms. The topological polar surface area (TPSA) is 66.1 Å². The summed E-state index contributed by atoms with van der Waals surface area (Å²) >= 11 is 0. The van der Waals surface area contributed by atoms with Crippen LogP contribution in [0.2, 0.25) is 0 Å². The van der Waals surface area contributed by atoms with Gasteiger partial charge >= 0.3 is 6.03 Å². The van der Waals surface area contributed by atoms with Gasteiger partial charge in [-0.1, -0.05) is 30.3 Å². The van der Waals surface area contributed by atoms with E-state index in [-0.39, 0.29) is 12.1 Å². The number of methoxy groups -OCH3 is 1. The number of amides is 2. The predicted octanol–water partition coefficient (Wildman–Crippen LogP) is 2.51. The highest BCUT2D eigenvalue weighted by Crippen LogP contribution is 2.28. The van der Waals surface area contributed by atoms with E-state index in [2.05, 4.69) is 50.8 Å². The fraction of sp³-hybridized carbons (Fsp3) is 0.480. The molecule has 7 heteroatoms. The minimum absolute atomic E-state index is 0.0349. The van der Waals surface area contributed by atoms with Gasteiger partial charge in [0.15, 0.2) is 0 Å². The molecule has 0 radical (unpaired) electrons. The van der Waals surface area contributed by atoms with E-state index in [0.29, 0.717) is 13.2 Å². The zero-order chi connectivity index (χ0) is 22.2. The van der Waals surface area contributed by atoms with Gasteiger partial charge in [0.1, 0.15) is 18.1 Å². The molecule has 2 aliphatic heterocycles. The lowest BCUT2D eigenvalue weighted by Crippen LogP contribution is -2.48. The Kier molecular flexibility index (Phi) is 7.85. The van der Waals surface area contributed by atoms with Crippen molar-refractivity contribution in [1.29, 1.82) is 0 Å². The molecule has 2 aromatic rings. The maximum absolute atomic E-state index is 12.3. The molecule has 7 nitrogen and oxygen atoms in total. The van der Waals surface area contributed by atoms with Crippen LogP contribution in [0.25, 0.3) is 0 Å². The van der Waals surface area contributed by atoms with Gasteiger partial charge in [-0.2, -0.15) is 0 Å². The summed E-state index contributed by atoms with van der Waals surface area (Å²) in [5.41, 5.74) is 2.44. The summed E-state index contributed by atoms with van der Waals surface area (Å²) in [4.78, 5) is 17.3.